The number of carbonyl (C=O) groups excluding carboxylic acids is 1. The highest BCUT2D eigenvalue weighted by atomic mass is 35.5. The molecule has 2 heterocycles. The van der Waals surface area contributed by atoms with Gasteiger partial charge in [-0.15, -0.1) is 0 Å². The van der Waals surface area contributed by atoms with Crippen molar-refractivity contribution in [3.8, 4) is 0 Å². The smallest absolute Gasteiger partial charge is 0.264 e. The Hall–Kier alpha value is -2.97. The van der Waals surface area contributed by atoms with E-state index in [4.69, 9.17) is 16.0 Å². The van der Waals surface area contributed by atoms with Gasteiger partial charge in [0.05, 0.1) is 28.2 Å². The average molecular weight is 460 g/mol. The molecule has 2 aromatic carbocycles. The quantitative estimate of drug-likeness (QED) is 0.542. The minimum atomic E-state index is -3.97. The Balaban J connectivity index is 1.71. The highest BCUT2D eigenvalue weighted by molar-refractivity contribution is 7.93. The zero-order chi connectivity index (χ0) is 21.8. The van der Waals surface area contributed by atoms with E-state index in [1.807, 2.05) is 0 Å². The van der Waals surface area contributed by atoms with Gasteiger partial charge in [-0.3, -0.25) is 9.52 Å². The summed E-state index contributed by atoms with van der Waals surface area (Å²) >= 11 is 6.16. The number of furan rings is 1. The van der Waals surface area contributed by atoms with Crippen molar-refractivity contribution in [1.82, 2.24) is 0 Å². The second-order valence-electron chi connectivity index (χ2n) is 7.28. The van der Waals surface area contributed by atoms with Crippen LogP contribution in [0, 0.1) is 0 Å². The summed E-state index contributed by atoms with van der Waals surface area (Å²) in [6.07, 6.45) is 5.84. The number of rotatable bonds is 6. The van der Waals surface area contributed by atoms with E-state index in [9.17, 15) is 13.2 Å². The number of benzene rings is 2. The first-order valence-electron chi connectivity index (χ1n) is 9.94. The van der Waals surface area contributed by atoms with E-state index in [0.29, 0.717) is 27.6 Å². The minimum Gasteiger partial charge on any atom is -0.472 e. The molecule has 1 aromatic heterocycles. The third-order valence-electron chi connectivity index (χ3n) is 5.11. The molecule has 0 radical (unpaired) electrons. The summed E-state index contributed by atoms with van der Waals surface area (Å²) < 4.78 is 34.2. The number of nitrogens with one attached hydrogen (secondary N) is 2. The van der Waals surface area contributed by atoms with Crippen LogP contribution >= 0.6 is 11.6 Å². The van der Waals surface area contributed by atoms with Gasteiger partial charge < -0.3 is 14.6 Å². The molecule has 31 heavy (non-hydrogen) atoms. The molecule has 162 valence electrons. The molecule has 1 fully saturated rings. The lowest BCUT2D eigenvalue weighted by Gasteiger charge is -2.30. The van der Waals surface area contributed by atoms with E-state index in [1.165, 1.54) is 24.7 Å². The van der Waals surface area contributed by atoms with Crippen molar-refractivity contribution in [2.45, 2.75) is 24.2 Å². The summed E-state index contributed by atoms with van der Waals surface area (Å²) in [6, 6.07) is 13.1. The van der Waals surface area contributed by atoms with Gasteiger partial charge in [0.15, 0.2) is 0 Å². The number of hydrogen-bond acceptors (Lipinski definition) is 5. The molecule has 0 bridgehead atoms. The second-order valence-corrected chi connectivity index (χ2v) is 9.34. The lowest BCUT2D eigenvalue weighted by atomic mass is 10.1. The third-order valence-corrected chi connectivity index (χ3v) is 6.83. The Bertz CT molecular complexity index is 1170. The summed E-state index contributed by atoms with van der Waals surface area (Å²) in [5.74, 6) is -0.387. The van der Waals surface area contributed by atoms with Crippen molar-refractivity contribution in [3.05, 3.63) is 71.6 Å². The van der Waals surface area contributed by atoms with Gasteiger partial charge in [0.25, 0.3) is 15.9 Å². The molecule has 9 heteroatoms. The number of anilines is 3. The van der Waals surface area contributed by atoms with Crippen LogP contribution in [0.1, 0.15) is 29.6 Å². The van der Waals surface area contributed by atoms with Crippen LogP contribution in [0.4, 0.5) is 17.1 Å². The largest absolute Gasteiger partial charge is 0.472 e. The Morgan fingerprint density at radius 2 is 1.81 bits per heavy atom. The fourth-order valence-electron chi connectivity index (χ4n) is 3.54. The molecule has 3 aromatic rings. The highest BCUT2D eigenvalue weighted by Gasteiger charge is 2.25. The molecule has 0 atom stereocenters. The van der Waals surface area contributed by atoms with Crippen molar-refractivity contribution in [2.24, 2.45) is 0 Å². The maximum absolute atomic E-state index is 13.4. The van der Waals surface area contributed by atoms with Gasteiger partial charge in [0, 0.05) is 18.8 Å². The van der Waals surface area contributed by atoms with E-state index >= 15 is 0 Å². The number of carbonyl (C=O) groups is 1. The number of amides is 1. The Morgan fingerprint density at radius 1 is 1.03 bits per heavy atom. The maximum atomic E-state index is 13.4. The summed E-state index contributed by atoms with van der Waals surface area (Å²) in [4.78, 5) is 14.5. The van der Waals surface area contributed by atoms with Crippen LogP contribution in [0.5, 0.6) is 0 Å². The summed E-state index contributed by atoms with van der Waals surface area (Å²) in [6.45, 7) is 1.55. The van der Waals surface area contributed by atoms with E-state index in [0.717, 1.165) is 32.4 Å². The van der Waals surface area contributed by atoms with Crippen LogP contribution < -0.4 is 14.9 Å². The molecule has 0 saturated carbocycles. The first kappa shape index (κ1) is 21.3. The number of hydrogen-bond donors (Lipinski definition) is 2. The van der Waals surface area contributed by atoms with Crippen LogP contribution in [0.3, 0.4) is 0 Å². The third kappa shape index (κ3) is 4.86. The molecular formula is C22H22ClN3O4S. The molecule has 1 amide bonds. The number of para-hydroxylation sites is 1. The highest BCUT2D eigenvalue weighted by Crippen LogP contribution is 2.33. The van der Waals surface area contributed by atoms with E-state index in [2.05, 4.69) is 14.9 Å². The van der Waals surface area contributed by atoms with Crippen molar-refractivity contribution in [3.63, 3.8) is 0 Å². The van der Waals surface area contributed by atoms with Crippen molar-refractivity contribution in [2.75, 3.05) is 28.0 Å². The normalized spacial score (nSPS) is 14.3. The molecule has 7 nitrogen and oxygen atoms in total. The van der Waals surface area contributed by atoms with Gasteiger partial charge >= 0.3 is 0 Å². The summed E-state index contributed by atoms with van der Waals surface area (Å²) in [7, 11) is -3.97. The molecular weight excluding hydrogens is 438 g/mol. The van der Waals surface area contributed by atoms with E-state index in [-0.39, 0.29) is 10.8 Å². The van der Waals surface area contributed by atoms with Gasteiger partial charge in [0.1, 0.15) is 11.2 Å². The van der Waals surface area contributed by atoms with Crippen LogP contribution in [0.2, 0.25) is 5.02 Å². The Kier molecular flexibility index (Phi) is 6.20. The van der Waals surface area contributed by atoms with Gasteiger partial charge in [-0.1, -0.05) is 23.7 Å². The van der Waals surface area contributed by atoms with E-state index in [1.54, 1.807) is 36.4 Å². The second kappa shape index (κ2) is 9.03. The topological polar surface area (TPSA) is 91.7 Å². The minimum absolute atomic E-state index is 0.0827. The summed E-state index contributed by atoms with van der Waals surface area (Å²) in [5.41, 5.74) is 1.60. The van der Waals surface area contributed by atoms with Crippen molar-refractivity contribution < 1.29 is 17.6 Å². The Labute approximate surface area is 186 Å². The molecule has 2 N–H and O–H groups in total. The zero-order valence-electron chi connectivity index (χ0n) is 16.7. The molecule has 4 rings (SSSR count). The average Bonchev–Trinajstić information content (AvgIpc) is 3.31. The van der Waals surface area contributed by atoms with Gasteiger partial charge in [-0.2, -0.15) is 0 Å². The molecule has 1 saturated heterocycles. The molecule has 0 unspecified atom stereocenters. The van der Waals surface area contributed by atoms with Gasteiger partial charge in [-0.05, 0) is 55.7 Å². The van der Waals surface area contributed by atoms with Crippen LogP contribution in [-0.4, -0.2) is 27.4 Å². The van der Waals surface area contributed by atoms with Crippen molar-refractivity contribution >= 4 is 44.6 Å². The van der Waals surface area contributed by atoms with Crippen LogP contribution in [0.15, 0.2) is 70.4 Å². The predicted molar refractivity (Wildman–Crippen MR) is 121 cm³/mol. The number of sulfonamides is 1. The molecule has 1 aliphatic heterocycles. The summed E-state index contributed by atoms with van der Waals surface area (Å²) in [5, 5.41) is 3.03. The van der Waals surface area contributed by atoms with Crippen molar-refractivity contribution in [1.29, 1.82) is 0 Å². The van der Waals surface area contributed by atoms with Gasteiger partial charge in [0.2, 0.25) is 0 Å². The number of halogens is 1. The van der Waals surface area contributed by atoms with Gasteiger partial charge in [-0.25, -0.2) is 8.42 Å². The number of nitrogens with zero attached hydrogens (tertiary/aromatic N) is 1. The fraction of sp³-hybridized carbons (Fsp3) is 0.227. The molecule has 0 aliphatic carbocycles. The lowest BCUT2D eigenvalue weighted by molar-refractivity contribution is 0.102. The van der Waals surface area contributed by atoms with Crippen LogP contribution in [0.25, 0.3) is 0 Å². The molecule has 1 aliphatic rings. The first-order valence-corrected chi connectivity index (χ1v) is 11.8. The monoisotopic (exact) mass is 459 g/mol. The number of piperidine rings is 1. The fourth-order valence-corrected chi connectivity index (χ4v) is 5.11. The molecule has 0 spiro atoms. The SMILES string of the molecule is O=C(Nc1ccc(N2CCCCC2)c(S(=O)(=O)Nc2ccccc2Cl)c1)c1ccoc1. The first-order chi connectivity index (χ1) is 14.9. The van der Waals surface area contributed by atoms with E-state index < -0.39 is 10.0 Å². The van der Waals surface area contributed by atoms with Crippen LogP contribution in [-0.2, 0) is 10.0 Å². The Morgan fingerprint density at radius 3 is 2.52 bits per heavy atom. The zero-order valence-corrected chi connectivity index (χ0v) is 18.2. The maximum Gasteiger partial charge on any atom is 0.264 e. The lowest BCUT2D eigenvalue weighted by Crippen LogP contribution is -2.31. The predicted octanol–water partition coefficient (Wildman–Crippen LogP) is 4.98. The standard InChI is InChI=1S/C22H22ClN3O4S/c23-18-6-2-3-7-19(18)25-31(28,29)21-14-17(24-22(27)16-10-13-30-15-16)8-9-20(21)26-11-4-1-5-12-26/h2-3,6-10,13-15,25H,1,4-5,11-12H2,(H,24,27).